The first-order valence-electron chi connectivity index (χ1n) is 10.7. The van der Waals surface area contributed by atoms with Gasteiger partial charge in [0.15, 0.2) is 0 Å². The molecule has 0 radical (unpaired) electrons. The maximum absolute atomic E-state index is 12.8. The topological polar surface area (TPSA) is 105 Å². The van der Waals surface area contributed by atoms with Gasteiger partial charge in [0.05, 0.1) is 16.3 Å². The van der Waals surface area contributed by atoms with Gasteiger partial charge < -0.3 is 9.94 Å². The Morgan fingerprint density at radius 3 is 2.50 bits per heavy atom. The van der Waals surface area contributed by atoms with Crippen molar-refractivity contribution < 1.29 is 31.5 Å². The van der Waals surface area contributed by atoms with Gasteiger partial charge in [0.1, 0.15) is 17.7 Å². The van der Waals surface area contributed by atoms with Gasteiger partial charge >= 0.3 is 6.18 Å². The second kappa shape index (κ2) is 11.6. The lowest BCUT2D eigenvalue weighted by Gasteiger charge is -2.32. The lowest BCUT2D eigenvalue weighted by Crippen LogP contribution is -2.46. The van der Waals surface area contributed by atoms with Gasteiger partial charge in [-0.05, 0) is 49.9 Å². The number of ether oxygens (including phenoxy) is 1. The van der Waals surface area contributed by atoms with E-state index < -0.39 is 27.8 Å². The van der Waals surface area contributed by atoms with E-state index in [0.717, 1.165) is 12.1 Å². The molecule has 2 aromatic rings. The third kappa shape index (κ3) is 7.51. The van der Waals surface area contributed by atoms with Gasteiger partial charge in [-0.15, -0.1) is 0 Å². The highest BCUT2D eigenvalue weighted by Gasteiger charge is 2.33. The van der Waals surface area contributed by atoms with Crippen LogP contribution in [0.25, 0.3) is 0 Å². The van der Waals surface area contributed by atoms with Crippen LogP contribution in [0.2, 0.25) is 5.02 Å². The zero-order valence-corrected chi connectivity index (χ0v) is 19.8. The molecule has 0 aliphatic carbocycles. The number of hydrogen-bond donors (Lipinski definition) is 2. The van der Waals surface area contributed by atoms with Gasteiger partial charge in [-0.2, -0.15) is 13.2 Å². The quantitative estimate of drug-likeness (QED) is 0.458. The molecular weight excluding hydrogens is 497 g/mol. The molecule has 1 aromatic heterocycles. The Morgan fingerprint density at radius 1 is 1.24 bits per heavy atom. The Morgan fingerprint density at radius 2 is 1.91 bits per heavy atom. The highest BCUT2D eigenvalue weighted by molar-refractivity contribution is 7.89. The van der Waals surface area contributed by atoms with Crippen molar-refractivity contribution in [3.05, 3.63) is 53.1 Å². The van der Waals surface area contributed by atoms with Crippen molar-refractivity contribution in [2.45, 2.75) is 50.4 Å². The molecule has 2 N–H and O–H groups in total. The van der Waals surface area contributed by atoms with Crippen LogP contribution in [0.1, 0.15) is 37.1 Å². The summed E-state index contributed by atoms with van der Waals surface area (Å²) in [4.78, 5) is 8.23. The molecule has 34 heavy (non-hydrogen) atoms. The monoisotopic (exact) mass is 522 g/mol. The zero-order valence-electron chi connectivity index (χ0n) is 18.2. The number of aromatic nitrogens is 2. The van der Waals surface area contributed by atoms with Crippen LogP contribution in [0.5, 0.6) is 5.75 Å². The summed E-state index contributed by atoms with van der Waals surface area (Å²) in [5.74, 6) is 0.509. The Hall–Kier alpha value is -1.99. The largest absolute Gasteiger partial charge is 0.489 e. The summed E-state index contributed by atoms with van der Waals surface area (Å²) in [6, 6.07) is 3.94. The number of hydroxylamine groups is 1. The van der Waals surface area contributed by atoms with Crippen molar-refractivity contribution in [1.82, 2.24) is 19.8 Å². The van der Waals surface area contributed by atoms with Crippen molar-refractivity contribution >= 4 is 21.6 Å². The van der Waals surface area contributed by atoms with E-state index in [1.807, 2.05) is 0 Å². The Kier molecular flexibility index (Phi) is 9.10. The third-order valence-electron chi connectivity index (χ3n) is 5.51. The molecule has 1 saturated heterocycles. The highest BCUT2D eigenvalue weighted by Crippen LogP contribution is 2.35. The number of hydrogen-bond acceptors (Lipinski definition) is 7. The maximum Gasteiger partial charge on any atom is 0.416 e. The number of halogens is 4. The normalized spacial score (nSPS) is 17.0. The number of benzene rings is 1. The van der Waals surface area contributed by atoms with Gasteiger partial charge in [-0.25, -0.2) is 28.2 Å². The molecule has 0 saturated carbocycles. The van der Waals surface area contributed by atoms with Crippen molar-refractivity contribution in [3.8, 4) is 5.75 Å². The van der Waals surface area contributed by atoms with Crippen LogP contribution in [0.3, 0.4) is 0 Å². The first-order chi connectivity index (χ1) is 16.1. The summed E-state index contributed by atoms with van der Waals surface area (Å²) in [6.07, 6.45) is 0.686. The van der Waals surface area contributed by atoms with Crippen LogP contribution in [-0.4, -0.2) is 58.9 Å². The minimum absolute atomic E-state index is 0.128. The molecular formula is C21H26ClF3N4O4S. The fraction of sp³-hybridized carbons (Fsp3) is 0.524. The van der Waals surface area contributed by atoms with Crippen LogP contribution >= 0.6 is 11.6 Å². The smallest absolute Gasteiger partial charge is 0.416 e. The minimum Gasteiger partial charge on any atom is -0.489 e. The van der Waals surface area contributed by atoms with Gasteiger partial charge in [-0.1, -0.05) is 11.6 Å². The molecule has 0 bridgehead atoms. The number of aryl methyl sites for hydroxylation is 1. The average Bonchev–Trinajstić information content (AvgIpc) is 2.80. The molecule has 2 heterocycles. The Labute approximate surface area is 201 Å². The van der Waals surface area contributed by atoms with E-state index in [4.69, 9.17) is 16.3 Å². The van der Waals surface area contributed by atoms with E-state index in [1.165, 1.54) is 10.4 Å². The van der Waals surface area contributed by atoms with Crippen molar-refractivity contribution in [2.24, 2.45) is 0 Å². The maximum atomic E-state index is 12.8. The molecule has 1 atom stereocenters. The van der Waals surface area contributed by atoms with Crippen molar-refractivity contribution in [3.63, 3.8) is 0 Å². The van der Waals surface area contributed by atoms with Gasteiger partial charge in [0.25, 0.3) is 0 Å². The molecule has 1 aliphatic rings. The SMILES string of the molecule is O=S(=O)(C[C@@H](CCCc1ncccn1)NO)N1CCC(Oc2ccc(C(F)(F)F)cc2Cl)CC1. The fourth-order valence-corrected chi connectivity index (χ4v) is 5.64. The number of nitrogens with one attached hydrogen (secondary N) is 1. The number of piperidine rings is 1. The highest BCUT2D eigenvalue weighted by atomic mass is 35.5. The first kappa shape index (κ1) is 26.6. The molecule has 0 spiro atoms. The summed E-state index contributed by atoms with van der Waals surface area (Å²) < 4.78 is 71.1. The van der Waals surface area contributed by atoms with E-state index in [2.05, 4.69) is 15.4 Å². The predicted molar refractivity (Wildman–Crippen MR) is 119 cm³/mol. The molecule has 13 heteroatoms. The van der Waals surface area contributed by atoms with E-state index in [-0.39, 0.29) is 35.7 Å². The van der Waals surface area contributed by atoms with Crippen molar-refractivity contribution in [2.75, 3.05) is 18.8 Å². The summed E-state index contributed by atoms with van der Waals surface area (Å²) in [5.41, 5.74) is 1.21. The van der Waals surface area contributed by atoms with Gasteiger partial charge in [-0.3, -0.25) is 0 Å². The number of alkyl halides is 3. The van der Waals surface area contributed by atoms with Crippen LogP contribution < -0.4 is 10.2 Å². The van der Waals surface area contributed by atoms with Crippen LogP contribution in [0, 0.1) is 0 Å². The van der Waals surface area contributed by atoms with Crippen LogP contribution in [0.15, 0.2) is 36.7 Å². The number of nitrogens with zero attached hydrogens (tertiary/aromatic N) is 3. The van der Waals surface area contributed by atoms with Crippen molar-refractivity contribution in [1.29, 1.82) is 0 Å². The second-order valence-corrected chi connectivity index (χ2v) is 10.4. The molecule has 8 nitrogen and oxygen atoms in total. The molecule has 1 aromatic carbocycles. The molecule has 1 fully saturated rings. The molecule has 1 aliphatic heterocycles. The third-order valence-corrected chi connectivity index (χ3v) is 7.78. The van der Waals surface area contributed by atoms with E-state index in [1.54, 1.807) is 18.5 Å². The summed E-state index contributed by atoms with van der Waals surface area (Å²) >= 11 is 5.94. The minimum atomic E-state index is -4.50. The van der Waals surface area contributed by atoms with Gasteiger partial charge in [0.2, 0.25) is 10.0 Å². The molecule has 188 valence electrons. The lowest BCUT2D eigenvalue weighted by atomic mass is 10.1. The van der Waals surface area contributed by atoms with Crippen LogP contribution in [-0.2, 0) is 22.6 Å². The summed E-state index contributed by atoms with van der Waals surface area (Å²) in [7, 11) is -3.64. The number of rotatable bonds is 10. The molecule has 0 amide bonds. The van der Waals surface area contributed by atoms with E-state index in [9.17, 15) is 26.8 Å². The van der Waals surface area contributed by atoms with Gasteiger partial charge in [0, 0.05) is 37.9 Å². The Bertz CT molecular complexity index is 1040. The van der Waals surface area contributed by atoms with E-state index in [0.29, 0.717) is 37.9 Å². The first-order valence-corrected chi connectivity index (χ1v) is 12.7. The fourth-order valence-electron chi connectivity index (χ4n) is 3.69. The Balaban J connectivity index is 1.48. The summed E-state index contributed by atoms with van der Waals surface area (Å²) in [6.45, 7) is 0.391. The summed E-state index contributed by atoms with van der Waals surface area (Å²) in [5, 5.41) is 9.27. The zero-order chi connectivity index (χ0) is 24.8. The lowest BCUT2D eigenvalue weighted by molar-refractivity contribution is -0.137. The second-order valence-electron chi connectivity index (χ2n) is 8.02. The number of sulfonamides is 1. The van der Waals surface area contributed by atoms with E-state index >= 15 is 0 Å². The molecule has 0 unspecified atom stereocenters. The van der Waals surface area contributed by atoms with Crippen LogP contribution in [0.4, 0.5) is 13.2 Å². The standard InChI is InChI=1S/C21H26ClF3N4O4S/c22-18-13-15(21(23,24)25)5-6-19(18)33-17-7-11-29(12-8-17)34(31,32)14-16(28-30)3-1-4-20-26-9-2-10-27-20/h2,5-6,9-10,13,16-17,28,30H,1,3-4,7-8,11-12,14H2/t16-/m1/s1. The average molecular weight is 523 g/mol. The predicted octanol–water partition coefficient (Wildman–Crippen LogP) is 3.69. The molecule has 3 rings (SSSR count).